The number of hydrogen-bond donors (Lipinski definition) is 1. The molecule has 26 heavy (non-hydrogen) atoms. The van der Waals surface area contributed by atoms with E-state index in [1.54, 1.807) is 13.0 Å². The summed E-state index contributed by atoms with van der Waals surface area (Å²) in [6.45, 7) is 7.38. The number of amides is 1. The molecule has 0 atom stereocenters. The van der Waals surface area contributed by atoms with Crippen molar-refractivity contribution in [1.29, 1.82) is 0 Å². The van der Waals surface area contributed by atoms with Crippen LogP contribution in [0.1, 0.15) is 52.6 Å². The monoisotopic (exact) mass is 374 g/mol. The average Bonchev–Trinajstić information content (AvgIpc) is 2.61. The predicted molar refractivity (Wildman–Crippen MR) is 103 cm³/mol. The van der Waals surface area contributed by atoms with E-state index in [4.69, 9.17) is 16.3 Å². The van der Waals surface area contributed by atoms with Crippen LogP contribution in [-0.4, -0.2) is 23.8 Å². The van der Waals surface area contributed by atoms with Crippen molar-refractivity contribution >= 4 is 29.0 Å². The van der Waals surface area contributed by atoms with E-state index in [0.29, 0.717) is 29.1 Å². The zero-order valence-corrected chi connectivity index (χ0v) is 16.4. The highest BCUT2D eigenvalue weighted by Gasteiger charge is 2.22. The summed E-state index contributed by atoms with van der Waals surface area (Å²) in [6, 6.07) is 5.46. The van der Waals surface area contributed by atoms with Gasteiger partial charge in [0.1, 0.15) is 0 Å². The van der Waals surface area contributed by atoms with Gasteiger partial charge in [0.2, 0.25) is 5.88 Å². The summed E-state index contributed by atoms with van der Waals surface area (Å²) in [6.07, 6.45) is 2.07. The minimum atomic E-state index is -0.403. The summed E-state index contributed by atoms with van der Waals surface area (Å²) in [4.78, 5) is 29.6. The van der Waals surface area contributed by atoms with E-state index in [2.05, 4.69) is 10.3 Å². The molecule has 2 aromatic rings. The molecule has 0 saturated carbocycles. The van der Waals surface area contributed by atoms with E-state index in [1.807, 2.05) is 32.9 Å². The normalized spacial score (nSPS) is 10.7. The third-order valence-electron chi connectivity index (χ3n) is 4.20. The van der Waals surface area contributed by atoms with Crippen molar-refractivity contribution in [2.75, 3.05) is 12.4 Å². The standard InChI is InChI=1S/C20H23ClN2O3/c1-6-13-8-7-9-15(17(13)18(24)11(2)3)23-19(25)16-12(4)20(26-5)22-10-14(16)21/h7-11H,6H2,1-5H3,(H,23,25). The van der Waals surface area contributed by atoms with Crippen LogP contribution in [0.4, 0.5) is 5.69 Å². The first-order valence-electron chi connectivity index (χ1n) is 8.48. The van der Waals surface area contributed by atoms with Gasteiger partial charge in [0.25, 0.3) is 5.91 Å². The van der Waals surface area contributed by atoms with Crippen LogP contribution in [0.3, 0.4) is 0 Å². The summed E-state index contributed by atoms with van der Waals surface area (Å²) in [5.74, 6) is -0.253. The van der Waals surface area contributed by atoms with Crippen molar-refractivity contribution in [3.8, 4) is 5.88 Å². The number of Topliss-reactive ketones (excluding diaryl/α,β-unsaturated/α-hetero) is 1. The number of ether oxygens (including phenoxy) is 1. The van der Waals surface area contributed by atoms with Crippen LogP contribution >= 0.6 is 11.6 Å². The van der Waals surface area contributed by atoms with E-state index < -0.39 is 5.91 Å². The Morgan fingerprint density at radius 3 is 2.54 bits per heavy atom. The summed E-state index contributed by atoms with van der Waals surface area (Å²) in [5, 5.41) is 3.07. The average molecular weight is 375 g/mol. The van der Waals surface area contributed by atoms with E-state index in [-0.39, 0.29) is 22.3 Å². The number of pyridine rings is 1. The molecule has 1 aromatic heterocycles. The van der Waals surface area contributed by atoms with Crippen LogP contribution in [0, 0.1) is 12.8 Å². The fraction of sp³-hybridized carbons (Fsp3) is 0.350. The number of carbonyl (C=O) groups is 2. The topological polar surface area (TPSA) is 68.3 Å². The molecular weight excluding hydrogens is 352 g/mol. The molecule has 1 aromatic carbocycles. The van der Waals surface area contributed by atoms with Crippen molar-refractivity contribution in [2.45, 2.75) is 34.1 Å². The SMILES string of the molecule is CCc1cccc(NC(=O)c2c(Cl)cnc(OC)c2C)c1C(=O)C(C)C. The fourth-order valence-corrected chi connectivity index (χ4v) is 3.09. The summed E-state index contributed by atoms with van der Waals surface area (Å²) >= 11 is 6.19. The number of aryl methyl sites for hydroxylation is 1. The van der Waals surface area contributed by atoms with Crippen molar-refractivity contribution in [1.82, 2.24) is 4.98 Å². The van der Waals surface area contributed by atoms with Crippen LogP contribution < -0.4 is 10.1 Å². The number of methoxy groups -OCH3 is 1. The molecule has 0 fully saturated rings. The fourth-order valence-electron chi connectivity index (χ4n) is 2.81. The second-order valence-electron chi connectivity index (χ2n) is 6.28. The Morgan fingerprint density at radius 1 is 1.27 bits per heavy atom. The number of rotatable bonds is 6. The van der Waals surface area contributed by atoms with Gasteiger partial charge in [0.05, 0.1) is 29.6 Å². The van der Waals surface area contributed by atoms with Gasteiger partial charge in [0.15, 0.2) is 5.78 Å². The molecule has 0 aliphatic heterocycles. The Balaban J connectivity index is 2.50. The second-order valence-corrected chi connectivity index (χ2v) is 6.69. The van der Waals surface area contributed by atoms with Gasteiger partial charge >= 0.3 is 0 Å². The number of aromatic nitrogens is 1. The van der Waals surface area contributed by atoms with E-state index in [1.165, 1.54) is 13.3 Å². The van der Waals surface area contributed by atoms with Gasteiger partial charge in [-0.1, -0.05) is 44.5 Å². The predicted octanol–water partition coefficient (Wildman–Crippen LogP) is 4.71. The first-order chi connectivity index (χ1) is 12.3. The molecule has 1 N–H and O–H groups in total. The number of hydrogen-bond acceptors (Lipinski definition) is 4. The Labute approximate surface area is 158 Å². The van der Waals surface area contributed by atoms with Gasteiger partial charge in [-0.25, -0.2) is 4.98 Å². The molecule has 0 aliphatic rings. The Morgan fingerprint density at radius 2 is 1.96 bits per heavy atom. The van der Waals surface area contributed by atoms with Crippen LogP contribution in [-0.2, 0) is 6.42 Å². The van der Waals surface area contributed by atoms with E-state index in [9.17, 15) is 9.59 Å². The number of benzene rings is 1. The van der Waals surface area contributed by atoms with Crippen LogP contribution in [0.2, 0.25) is 5.02 Å². The second kappa shape index (κ2) is 8.32. The van der Waals surface area contributed by atoms with Crippen molar-refractivity contribution < 1.29 is 14.3 Å². The zero-order chi connectivity index (χ0) is 19.4. The minimum Gasteiger partial charge on any atom is -0.481 e. The molecule has 0 bridgehead atoms. The number of halogens is 1. The molecule has 0 saturated heterocycles. The number of carbonyl (C=O) groups excluding carboxylic acids is 2. The number of nitrogens with one attached hydrogen (secondary N) is 1. The highest BCUT2D eigenvalue weighted by atomic mass is 35.5. The smallest absolute Gasteiger partial charge is 0.257 e. The Kier molecular flexibility index (Phi) is 6.37. The maximum atomic E-state index is 12.9. The van der Waals surface area contributed by atoms with Crippen LogP contribution in [0.15, 0.2) is 24.4 Å². The molecule has 0 aliphatic carbocycles. The molecule has 5 nitrogen and oxygen atoms in total. The lowest BCUT2D eigenvalue weighted by atomic mass is 9.93. The van der Waals surface area contributed by atoms with Crippen molar-refractivity contribution in [2.24, 2.45) is 5.92 Å². The zero-order valence-electron chi connectivity index (χ0n) is 15.6. The first-order valence-corrected chi connectivity index (χ1v) is 8.86. The van der Waals surface area contributed by atoms with E-state index in [0.717, 1.165) is 5.56 Å². The highest BCUT2D eigenvalue weighted by molar-refractivity contribution is 6.34. The van der Waals surface area contributed by atoms with Crippen molar-refractivity contribution in [3.05, 3.63) is 51.7 Å². The maximum absolute atomic E-state index is 12.9. The number of nitrogens with zero attached hydrogens (tertiary/aromatic N) is 1. The lowest BCUT2D eigenvalue weighted by Gasteiger charge is -2.17. The van der Waals surface area contributed by atoms with Gasteiger partial charge in [-0.3, -0.25) is 9.59 Å². The lowest BCUT2D eigenvalue weighted by Crippen LogP contribution is -2.19. The molecule has 0 unspecified atom stereocenters. The lowest BCUT2D eigenvalue weighted by molar-refractivity contribution is 0.0939. The van der Waals surface area contributed by atoms with E-state index >= 15 is 0 Å². The summed E-state index contributed by atoms with van der Waals surface area (Å²) in [7, 11) is 1.48. The van der Waals surface area contributed by atoms with Gasteiger partial charge in [0, 0.05) is 17.0 Å². The number of anilines is 1. The Hall–Kier alpha value is -2.40. The van der Waals surface area contributed by atoms with Gasteiger partial charge in [-0.05, 0) is 25.0 Å². The molecule has 6 heteroatoms. The summed E-state index contributed by atoms with van der Waals surface area (Å²) < 4.78 is 5.17. The summed E-state index contributed by atoms with van der Waals surface area (Å²) in [5.41, 5.74) is 2.76. The van der Waals surface area contributed by atoms with Gasteiger partial charge < -0.3 is 10.1 Å². The quantitative estimate of drug-likeness (QED) is 0.744. The molecule has 138 valence electrons. The van der Waals surface area contributed by atoms with Gasteiger partial charge in [-0.15, -0.1) is 0 Å². The molecule has 1 heterocycles. The van der Waals surface area contributed by atoms with Crippen LogP contribution in [0.5, 0.6) is 5.88 Å². The van der Waals surface area contributed by atoms with Gasteiger partial charge in [-0.2, -0.15) is 0 Å². The van der Waals surface area contributed by atoms with Crippen molar-refractivity contribution in [3.63, 3.8) is 0 Å². The first kappa shape index (κ1) is 19.9. The minimum absolute atomic E-state index is 0.00659. The maximum Gasteiger partial charge on any atom is 0.257 e. The molecule has 1 amide bonds. The third kappa shape index (κ3) is 3.88. The third-order valence-corrected chi connectivity index (χ3v) is 4.49. The molecule has 0 radical (unpaired) electrons. The Bertz CT molecular complexity index is 847. The molecule has 2 rings (SSSR count). The van der Waals surface area contributed by atoms with Crippen LogP contribution in [0.25, 0.3) is 0 Å². The number of ketones is 1. The molecular formula is C20H23ClN2O3. The largest absolute Gasteiger partial charge is 0.481 e. The highest BCUT2D eigenvalue weighted by Crippen LogP contribution is 2.29. The molecule has 0 spiro atoms.